The predicted molar refractivity (Wildman–Crippen MR) is 57.7 cm³/mol. The molecule has 2 N–H and O–H groups in total. The summed E-state index contributed by atoms with van der Waals surface area (Å²) >= 11 is 5.78. The van der Waals surface area contributed by atoms with E-state index >= 15 is 0 Å². The number of nitrogens with two attached hydrogens (primary N) is 1. The molecule has 74 valence electrons. The van der Waals surface area contributed by atoms with Crippen LogP contribution < -0.4 is 5.73 Å². The minimum atomic E-state index is 0.295. The van der Waals surface area contributed by atoms with Crippen LogP contribution >= 0.6 is 11.6 Å². The van der Waals surface area contributed by atoms with Gasteiger partial charge in [-0.3, -0.25) is 4.57 Å². The van der Waals surface area contributed by atoms with E-state index in [9.17, 15) is 0 Å². The number of aromatic nitrogens is 2. The summed E-state index contributed by atoms with van der Waals surface area (Å²) in [6.07, 6.45) is 3.23. The number of rotatable bonds is 1. The lowest BCUT2D eigenvalue weighted by molar-refractivity contribution is 1.02. The van der Waals surface area contributed by atoms with Gasteiger partial charge in [-0.05, 0) is 18.2 Å². The summed E-state index contributed by atoms with van der Waals surface area (Å²) in [6, 6.07) is 7.08. The van der Waals surface area contributed by atoms with Crippen molar-refractivity contribution in [1.29, 1.82) is 5.26 Å². The molecule has 0 atom stereocenters. The monoisotopic (exact) mass is 218 g/mol. The van der Waals surface area contributed by atoms with Gasteiger partial charge < -0.3 is 5.73 Å². The standard InChI is InChI=1S/C10H7ClN4/c11-7-1-2-9(8(13)5-7)15-4-3-14-10(15)6-12/h1-5H,13H2. The molecule has 0 saturated heterocycles. The van der Waals surface area contributed by atoms with Gasteiger partial charge in [0.15, 0.2) is 0 Å². The molecule has 2 aromatic rings. The predicted octanol–water partition coefficient (Wildman–Crippen LogP) is 1.98. The van der Waals surface area contributed by atoms with Gasteiger partial charge in [0.1, 0.15) is 6.07 Å². The molecule has 0 aliphatic rings. The Morgan fingerprint density at radius 3 is 2.93 bits per heavy atom. The Bertz CT molecular complexity index is 539. The van der Waals surface area contributed by atoms with Crippen LogP contribution in [0.25, 0.3) is 5.69 Å². The number of hydrogen-bond donors (Lipinski definition) is 1. The van der Waals surface area contributed by atoms with Crippen LogP contribution in [0.1, 0.15) is 5.82 Å². The van der Waals surface area contributed by atoms with Crippen LogP contribution in [0.2, 0.25) is 5.02 Å². The number of anilines is 1. The largest absolute Gasteiger partial charge is 0.397 e. The number of imidazole rings is 1. The second-order valence-electron chi connectivity index (χ2n) is 2.94. The Balaban J connectivity index is 2.60. The van der Waals surface area contributed by atoms with Crippen LogP contribution in [-0.4, -0.2) is 9.55 Å². The van der Waals surface area contributed by atoms with Gasteiger partial charge in [-0.15, -0.1) is 0 Å². The minimum Gasteiger partial charge on any atom is -0.397 e. The Labute approximate surface area is 91.5 Å². The SMILES string of the molecule is N#Cc1nccn1-c1ccc(Cl)cc1N. The fourth-order valence-corrected chi connectivity index (χ4v) is 1.51. The molecule has 0 saturated carbocycles. The van der Waals surface area contributed by atoms with Crippen LogP contribution in [0.4, 0.5) is 5.69 Å². The molecule has 15 heavy (non-hydrogen) atoms. The van der Waals surface area contributed by atoms with Crippen molar-refractivity contribution in [1.82, 2.24) is 9.55 Å². The first-order valence-corrected chi connectivity index (χ1v) is 4.59. The number of nitrogen functional groups attached to an aromatic ring is 1. The highest BCUT2D eigenvalue weighted by Crippen LogP contribution is 2.22. The molecule has 0 aliphatic carbocycles. The quantitative estimate of drug-likeness (QED) is 0.745. The van der Waals surface area contributed by atoms with E-state index in [1.807, 2.05) is 6.07 Å². The van der Waals surface area contributed by atoms with Crippen molar-refractivity contribution in [2.24, 2.45) is 0 Å². The first kappa shape index (κ1) is 9.56. The molecule has 0 amide bonds. The average Bonchev–Trinajstić information content (AvgIpc) is 2.65. The van der Waals surface area contributed by atoms with Gasteiger partial charge in [0, 0.05) is 17.4 Å². The maximum Gasteiger partial charge on any atom is 0.217 e. The molecular formula is C10H7ClN4. The van der Waals surface area contributed by atoms with Crippen molar-refractivity contribution in [3.05, 3.63) is 41.4 Å². The molecule has 0 fully saturated rings. The lowest BCUT2D eigenvalue weighted by Crippen LogP contribution is -2.01. The van der Waals surface area contributed by atoms with Gasteiger partial charge in [0.2, 0.25) is 5.82 Å². The molecule has 5 heteroatoms. The van der Waals surface area contributed by atoms with Crippen LogP contribution in [0.5, 0.6) is 0 Å². The summed E-state index contributed by atoms with van der Waals surface area (Å²) in [4.78, 5) is 3.89. The molecular weight excluding hydrogens is 212 g/mol. The Kier molecular flexibility index (Phi) is 2.32. The Morgan fingerprint density at radius 2 is 2.27 bits per heavy atom. The maximum absolute atomic E-state index is 8.81. The lowest BCUT2D eigenvalue weighted by atomic mass is 10.2. The van der Waals surface area contributed by atoms with Gasteiger partial charge in [-0.2, -0.15) is 5.26 Å². The van der Waals surface area contributed by atoms with Crippen LogP contribution in [-0.2, 0) is 0 Å². The summed E-state index contributed by atoms with van der Waals surface area (Å²) in [6.45, 7) is 0. The summed E-state index contributed by atoms with van der Waals surface area (Å²) in [5.41, 5.74) is 7.01. The number of nitriles is 1. The zero-order valence-electron chi connectivity index (χ0n) is 7.68. The van der Waals surface area contributed by atoms with E-state index in [-0.39, 0.29) is 0 Å². The third-order valence-electron chi connectivity index (χ3n) is 1.99. The molecule has 4 nitrogen and oxygen atoms in total. The van der Waals surface area contributed by atoms with E-state index in [4.69, 9.17) is 22.6 Å². The van der Waals surface area contributed by atoms with Crippen LogP contribution in [0.15, 0.2) is 30.6 Å². The summed E-state index contributed by atoms with van der Waals surface area (Å²) in [5.74, 6) is 0.295. The van der Waals surface area contributed by atoms with Crippen molar-refractivity contribution < 1.29 is 0 Å². The highest BCUT2D eigenvalue weighted by Gasteiger charge is 2.06. The molecule has 0 unspecified atom stereocenters. The van der Waals surface area contributed by atoms with E-state index < -0.39 is 0 Å². The summed E-state index contributed by atoms with van der Waals surface area (Å²) < 4.78 is 1.62. The van der Waals surface area contributed by atoms with E-state index in [0.717, 1.165) is 0 Å². The summed E-state index contributed by atoms with van der Waals surface area (Å²) in [7, 11) is 0. The van der Waals surface area contributed by atoms with Crippen molar-refractivity contribution in [2.75, 3.05) is 5.73 Å². The molecule has 0 radical (unpaired) electrons. The summed E-state index contributed by atoms with van der Waals surface area (Å²) in [5, 5.41) is 9.38. The van der Waals surface area contributed by atoms with Crippen molar-refractivity contribution >= 4 is 17.3 Å². The number of nitrogens with zero attached hydrogens (tertiary/aromatic N) is 3. The fraction of sp³-hybridized carbons (Fsp3) is 0. The van der Waals surface area contributed by atoms with Crippen LogP contribution in [0.3, 0.4) is 0 Å². The highest BCUT2D eigenvalue weighted by atomic mass is 35.5. The zero-order valence-corrected chi connectivity index (χ0v) is 8.44. The van der Waals surface area contributed by atoms with E-state index in [0.29, 0.717) is 22.2 Å². The average molecular weight is 219 g/mol. The number of benzene rings is 1. The topological polar surface area (TPSA) is 67.6 Å². The highest BCUT2D eigenvalue weighted by molar-refractivity contribution is 6.30. The molecule has 0 bridgehead atoms. The van der Waals surface area contributed by atoms with Crippen molar-refractivity contribution in [2.45, 2.75) is 0 Å². The van der Waals surface area contributed by atoms with Gasteiger partial charge >= 0.3 is 0 Å². The number of hydrogen-bond acceptors (Lipinski definition) is 3. The number of halogens is 1. The smallest absolute Gasteiger partial charge is 0.217 e. The normalized spacial score (nSPS) is 9.87. The molecule has 2 rings (SSSR count). The van der Waals surface area contributed by atoms with Gasteiger partial charge in [0.05, 0.1) is 11.4 Å². The first-order chi connectivity index (χ1) is 7.22. The third-order valence-corrected chi connectivity index (χ3v) is 2.22. The Morgan fingerprint density at radius 1 is 1.47 bits per heavy atom. The second kappa shape index (κ2) is 3.64. The van der Waals surface area contributed by atoms with E-state index in [1.165, 1.54) is 0 Å². The van der Waals surface area contributed by atoms with Gasteiger partial charge in [-0.1, -0.05) is 11.6 Å². The molecule has 1 aromatic heterocycles. The van der Waals surface area contributed by atoms with E-state index in [2.05, 4.69) is 4.98 Å². The lowest BCUT2D eigenvalue weighted by Gasteiger charge is -2.07. The molecule has 0 aliphatic heterocycles. The second-order valence-corrected chi connectivity index (χ2v) is 3.37. The third kappa shape index (κ3) is 1.65. The van der Waals surface area contributed by atoms with Gasteiger partial charge in [0.25, 0.3) is 0 Å². The van der Waals surface area contributed by atoms with Crippen LogP contribution in [0, 0.1) is 11.3 Å². The first-order valence-electron chi connectivity index (χ1n) is 4.21. The maximum atomic E-state index is 8.81. The van der Waals surface area contributed by atoms with E-state index in [1.54, 1.807) is 35.2 Å². The minimum absolute atomic E-state index is 0.295. The molecule has 1 heterocycles. The Hall–Kier alpha value is -1.99. The molecule has 0 spiro atoms. The fourth-order valence-electron chi connectivity index (χ4n) is 1.33. The van der Waals surface area contributed by atoms with Gasteiger partial charge in [-0.25, -0.2) is 4.98 Å². The van der Waals surface area contributed by atoms with Crippen molar-refractivity contribution in [3.63, 3.8) is 0 Å². The molecule has 1 aromatic carbocycles. The van der Waals surface area contributed by atoms with Crippen molar-refractivity contribution in [3.8, 4) is 11.8 Å². The zero-order chi connectivity index (χ0) is 10.8.